The highest BCUT2D eigenvalue weighted by molar-refractivity contribution is 6.06. The van der Waals surface area contributed by atoms with Gasteiger partial charge >= 0.3 is 0 Å². The van der Waals surface area contributed by atoms with E-state index in [4.69, 9.17) is 0 Å². The monoisotopic (exact) mass is 444 g/mol. The molecule has 0 spiro atoms. The Hall–Kier alpha value is -4.13. The van der Waals surface area contributed by atoms with Crippen molar-refractivity contribution in [2.45, 2.75) is 13.8 Å². The lowest BCUT2D eigenvalue weighted by atomic mass is 10.1. The van der Waals surface area contributed by atoms with Gasteiger partial charge in [0.15, 0.2) is 0 Å². The molecular weight excluding hydrogens is 416 g/mol. The largest absolute Gasteiger partial charge is 0.376 e. The molecule has 3 N–H and O–H groups in total. The van der Waals surface area contributed by atoms with Gasteiger partial charge in [0.1, 0.15) is 0 Å². The van der Waals surface area contributed by atoms with Crippen molar-refractivity contribution in [1.29, 1.82) is 0 Å². The molecule has 0 aliphatic carbocycles. The summed E-state index contributed by atoms with van der Waals surface area (Å²) in [6.07, 6.45) is 0. The number of carbonyl (C=O) groups excluding carboxylic acids is 3. The zero-order valence-corrected chi connectivity index (χ0v) is 19.0. The Morgan fingerprint density at radius 2 is 1.42 bits per heavy atom. The van der Waals surface area contributed by atoms with E-state index in [1.807, 2.05) is 50.2 Å². The molecular formula is C26H28N4O3. The maximum Gasteiger partial charge on any atom is 0.258 e. The van der Waals surface area contributed by atoms with Gasteiger partial charge < -0.3 is 20.9 Å². The van der Waals surface area contributed by atoms with E-state index < -0.39 is 0 Å². The quantitative estimate of drug-likeness (QED) is 0.473. The molecule has 0 saturated carbocycles. The molecule has 7 nitrogen and oxygen atoms in total. The third-order valence-corrected chi connectivity index (χ3v) is 4.95. The van der Waals surface area contributed by atoms with Gasteiger partial charge in [-0.1, -0.05) is 44.2 Å². The average Bonchev–Trinajstić information content (AvgIpc) is 2.82. The number of hydrogen-bond acceptors (Lipinski definition) is 4. The van der Waals surface area contributed by atoms with E-state index in [-0.39, 0.29) is 30.2 Å². The van der Waals surface area contributed by atoms with Crippen LogP contribution in [0.5, 0.6) is 0 Å². The van der Waals surface area contributed by atoms with Gasteiger partial charge in [-0.3, -0.25) is 14.4 Å². The number of amides is 3. The lowest BCUT2D eigenvalue weighted by molar-refractivity contribution is -0.119. The van der Waals surface area contributed by atoms with Crippen LogP contribution in [0.2, 0.25) is 0 Å². The number of rotatable bonds is 8. The number of benzene rings is 3. The van der Waals surface area contributed by atoms with Crippen LogP contribution in [0.25, 0.3) is 0 Å². The van der Waals surface area contributed by atoms with Crippen LogP contribution in [0.1, 0.15) is 24.2 Å². The fourth-order valence-corrected chi connectivity index (χ4v) is 3.07. The van der Waals surface area contributed by atoms with Crippen molar-refractivity contribution in [3.63, 3.8) is 0 Å². The Balaban J connectivity index is 1.58. The highest BCUT2D eigenvalue weighted by Gasteiger charge is 2.14. The van der Waals surface area contributed by atoms with Gasteiger partial charge in [-0.15, -0.1) is 0 Å². The molecule has 170 valence electrons. The molecule has 0 saturated heterocycles. The van der Waals surface area contributed by atoms with Crippen molar-refractivity contribution in [1.82, 2.24) is 0 Å². The van der Waals surface area contributed by atoms with Gasteiger partial charge in [0.05, 0.1) is 6.54 Å². The fourth-order valence-electron chi connectivity index (χ4n) is 3.07. The molecule has 0 aromatic heterocycles. The summed E-state index contributed by atoms with van der Waals surface area (Å²) in [5.74, 6) is -0.622. The van der Waals surface area contributed by atoms with Crippen molar-refractivity contribution in [3.8, 4) is 0 Å². The molecule has 3 rings (SSSR count). The third kappa shape index (κ3) is 6.67. The highest BCUT2D eigenvalue weighted by Crippen LogP contribution is 2.18. The van der Waals surface area contributed by atoms with Gasteiger partial charge in [0.2, 0.25) is 11.8 Å². The number of nitrogens with one attached hydrogen (secondary N) is 3. The van der Waals surface area contributed by atoms with Gasteiger partial charge in [-0.25, -0.2) is 0 Å². The topological polar surface area (TPSA) is 90.5 Å². The minimum atomic E-state index is -0.257. The molecule has 0 fully saturated rings. The summed E-state index contributed by atoms with van der Waals surface area (Å²) in [4.78, 5) is 38.7. The molecule has 0 aliphatic heterocycles. The molecule has 7 heteroatoms. The first-order chi connectivity index (χ1) is 15.8. The summed E-state index contributed by atoms with van der Waals surface area (Å²) < 4.78 is 0. The van der Waals surface area contributed by atoms with Crippen molar-refractivity contribution < 1.29 is 14.4 Å². The lowest BCUT2D eigenvalue weighted by Gasteiger charge is -2.18. The van der Waals surface area contributed by atoms with Crippen molar-refractivity contribution in [2.75, 3.05) is 34.4 Å². The number of anilines is 4. The zero-order valence-electron chi connectivity index (χ0n) is 19.0. The number of nitrogens with zero attached hydrogens (tertiary/aromatic N) is 1. The zero-order chi connectivity index (χ0) is 23.8. The first-order valence-corrected chi connectivity index (χ1v) is 10.7. The molecule has 0 atom stereocenters. The lowest BCUT2D eigenvalue weighted by Crippen LogP contribution is -2.26. The van der Waals surface area contributed by atoms with Crippen LogP contribution in [-0.4, -0.2) is 31.3 Å². The molecule has 0 aliphatic rings. The molecule has 3 aromatic rings. The molecule has 3 aromatic carbocycles. The molecule has 33 heavy (non-hydrogen) atoms. The summed E-state index contributed by atoms with van der Waals surface area (Å²) in [6, 6.07) is 23.4. The summed E-state index contributed by atoms with van der Waals surface area (Å²) in [5, 5.41) is 8.68. The minimum Gasteiger partial charge on any atom is -0.376 e. The highest BCUT2D eigenvalue weighted by atomic mass is 16.2. The van der Waals surface area contributed by atoms with Crippen molar-refractivity contribution in [2.24, 2.45) is 5.92 Å². The summed E-state index contributed by atoms with van der Waals surface area (Å²) in [5.41, 5.74) is 3.16. The van der Waals surface area contributed by atoms with Crippen LogP contribution < -0.4 is 20.9 Å². The van der Waals surface area contributed by atoms with Crippen LogP contribution in [0, 0.1) is 5.92 Å². The maximum atomic E-state index is 12.8. The van der Waals surface area contributed by atoms with E-state index in [0.717, 1.165) is 5.69 Å². The number of para-hydroxylation sites is 1. The van der Waals surface area contributed by atoms with E-state index in [9.17, 15) is 14.4 Å². The second-order valence-corrected chi connectivity index (χ2v) is 7.91. The van der Waals surface area contributed by atoms with E-state index >= 15 is 0 Å². The van der Waals surface area contributed by atoms with Gasteiger partial charge in [0.25, 0.3) is 5.91 Å². The van der Waals surface area contributed by atoms with Crippen molar-refractivity contribution in [3.05, 3.63) is 84.4 Å². The normalized spacial score (nSPS) is 10.4. The smallest absolute Gasteiger partial charge is 0.258 e. The van der Waals surface area contributed by atoms with Crippen LogP contribution in [-0.2, 0) is 9.59 Å². The second-order valence-electron chi connectivity index (χ2n) is 7.91. The number of carbonyl (C=O) groups is 3. The van der Waals surface area contributed by atoms with E-state index in [1.54, 1.807) is 54.4 Å². The Bertz CT molecular complexity index is 1130. The Kier molecular flexibility index (Phi) is 7.81. The van der Waals surface area contributed by atoms with Crippen LogP contribution in [0.4, 0.5) is 22.7 Å². The Morgan fingerprint density at radius 3 is 2.12 bits per heavy atom. The molecule has 0 heterocycles. The molecule has 0 bridgehead atoms. The molecule has 0 radical (unpaired) electrons. The molecule has 3 amide bonds. The molecule has 0 unspecified atom stereocenters. The average molecular weight is 445 g/mol. The fraction of sp³-hybridized carbons (Fsp3) is 0.192. The summed E-state index contributed by atoms with van der Waals surface area (Å²) in [6.45, 7) is 3.68. The van der Waals surface area contributed by atoms with E-state index in [0.29, 0.717) is 22.6 Å². The van der Waals surface area contributed by atoms with Gasteiger partial charge in [-0.2, -0.15) is 0 Å². The minimum absolute atomic E-state index is 0.0314. The maximum absolute atomic E-state index is 12.8. The predicted molar refractivity (Wildman–Crippen MR) is 133 cm³/mol. The first kappa shape index (κ1) is 23.5. The van der Waals surface area contributed by atoms with Crippen molar-refractivity contribution >= 4 is 40.5 Å². The third-order valence-electron chi connectivity index (χ3n) is 4.95. The van der Waals surface area contributed by atoms with E-state index in [1.165, 1.54) is 0 Å². The van der Waals surface area contributed by atoms with Crippen LogP contribution in [0.15, 0.2) is 78.9 Å². The Labute approximate surface area is 193 Å². The second kappa shape index (κ2) is 10.9. The number of hydrogen-bond donors (Lipinski definition) is 3. The van der Waals surface area contributed by atoms with Crippen LogP contribution >= 0.6 is 0 Å². The SMILES string of the molecule is CC(C)C(=O)Nc1cccc(NCC(=O)Nc2cccc(C(=O)N(C)c3ccccc3)c2)c1. The predicted octanol–water partition coefficient (Wildman–Crippen LogP) is 4.61. The first-order valence-electron chi connectivity index (χ1n) is 10.7. The van der Waals surface area contributed by atoms with Crippen LogP contribution in [0.3, 0.4) is 0 Å². The van der Waals surface area contributed by atoms with Gasteiger partial charge in [0, 0.05) is 41.3 Å². The van der Waals surface area contributed by atoms with Gasteiger partial charge in [-0.05, 0) is 48.5 Å². The summed E-state index contributed by atoms with van der Waals surface area (Å²) in [7, 11) is 1.71. The summed E-state index contributed by atoms with van der Waals surface area (Å²) >= 11 is 0. The van der Waals surface area contributed by atoms with E-state index in [2.05, 4.69) is 16.0 Å². The Morgan fingerprint density at radius 1 is 0.788 bits per heavy atom. The standard InChI is InChI=1S/C26H28N4O3/c1-18(2)25(32)29-22-12-8-10-20(16-22)27-17-24(31)28-21-11-7-9-19(15-21)26(33)30(3)23-13-5-4-6-14-23/h4-16,18,27H,17H2,1-3H3,(H,28,31)(H,29,32).